The Morgan fingerprint density at radius 3 is 2.22 bits per heavy atom. The van der Waals surface area contributed by atoms with Gasteiger partial charge in [-0.25, -0.2) is 4.99 Å². The van der Waals surface area contributed by atoms with Crippen molar-refractivity contribution in [3.63, 3.8) is 0 Å². The van der Waals surface area contributed by atoms with Gasteiger partial charge in [-0.1, -0.05) is 78.9 Å². The molecule has 0 fully saturated rings. The lowest BCUT2D eigenvalue weighted by atomic mass is 9.97. The van der Waals surface area contributed by atoms with Gasteiger partial charge in [-0.05, 0) is 46.7 Å². The van der Waals surface area contributed by atoms with E-state index in [1.54, 1.807) is 0 Å². The first-order valence-corrected chi connectivity index (χ1v) is 10.7. The fourth-order valence-corrected chi connectivity index (χ4v) is 4.51. The number of hydrogen-bond donors (Lipinski definition) is 1. The van der Waals surface area contributed by atoms with E-state index in [1.807, 2.05) is 67.6 Å². The normalized spacial score (nSPS) is 12.2. The highest BCUT2D eigenvalue weighted by atomic mass is 16.3. The summed E-state index contributed by atoms with van der Waals surface area (Å²) in [5, 5.41) is 15.3. The van der Waals surface area contributed by atoms with Crippen molar-refractivity contribution in [1.82, 2.24) is 0 Å². The maximum absolute atomic E-state index is 8.69. The molecular weight excluding hydrogens is 392 g/mol. The van der Waals surface area contributed by atoms with E-state index in [4.69, 9.17) is 14.8 Å². The Balaban J connectivity index is 1.56. The average molecular weight is 412 g/mol. The molecule has 0 aliphatic rings. The predicted octanol–water partition coefficient (Wildman–Crippen LogP) is 7.73. The molecule has 3 heteroatoms. The number of fused-ring (bicyclic) bond motifs is 5. The highest BCUT2D eigenvalue weighted by Crippen LogP contribution is 2.36. The van der Waals surface area contributed by atoms with E-state index >= 15 is 0 Å². The largest absolute Gasteiger partial charge is 0.455 e. The van der Waals surface area contributed by atoms with Gasteiger partial charge in [0.05, 0.1) is 5.71 Å². The first-order valence-electron chi connectivity index (χ1n) is 10.7. The molecule has 0 atom stereocenters. The maximum Gasteiger partial charge on any atom is 0.152 e. The number of nitrogens with zero attached hydrogens (tertiary/aromatic N) is 1. The number of nitrogens with one attached hydrogen (secondary N) is 1. The summed E-state index contributed by atoms with van der Waals surface area (Å²) in [6.45, 7) is 1.96. The standard InChI is InChI=1S/C29H20N2O/c1-18(31-29(30)22-15-14-19-8-2-3-9-20(19)16-22)27-23-11-5-4-10-21(23)17-25-24-12-6-7-13-26(24)32-28(25)27/h2-17,30H,1H3. The van der Waals surface area contributed by atoms with Crippen LogP contribution in [-0.4, -0.2) is 11.5 Å². The molecule has 0 unspecified atom stereocenters. The van der Waals surface area contributed by atoms with Crippen LogP contribution in [0, 0.1) is 5.41 Å². The summed E-state index contributed by atoms with van der Waals surface area (Å²) in [6, 6.07) is 32.8. The van der Waals surface area contributed by atoms with Crippen molar-refractivity contribution in [1.29, 1.82) is 5.41 Å². The van der Waals surface area contributed by atoms with Gasteiger partial charge in [-0.3, -0.25) is 5.41 Å². The van der Waals surface area contributed by atoms with Crippen LogP contribution in [0.1, 0.15) is 18.1 Å². The van der Waals surface area contributed by atoms with Crippen LogP contribution in [0.3, 0.4) is 0 Å². The minimum atomic E-state index is 0.241. The zero-order valence-corrected chi connectivity index (χ0v) is 17.6. The fourth-order valence-electron chi connectivity index (χ4n) is 4.51. The zero-order chi connectivity index (χ0) is 21.7. The highest BCUT2D eigenvalue weighted by molar-refractivity contribution is 6.25. The Kier molecular flexibility index (Phi) is 4.15. The van der Waals surface area contributed by atoms with E-state index in [2.05, 4.69) is 36.4 Å². The minimum absolute atomic E-state index is 0.241. The molecule has 0 saturated heterocycles. The van der Waals surface area contributed by atoms with Gasteiger partial charge in [0.2, 0.25) is 0 Å². The van der Waals surface area contributed by atoms with Gasteiger partial charge in [0.15, 0.2) is 5.84 Å². The number of amidine groups is 1. The number of rotatable bonds is 2. The van der Waals surface area contributed by atoms with Crippen molar-refractivity contribution < 1.29 is 4.42 Å². The number of hydrogen-bond acceptors (Lipinski definition) is 2. The van der Waals surface area contributed by atoms with Crippen molar-refractivity contribution in [2.75, 3.05) is 0 Å². The lowest BCUT2D eigenvalue weighted by Crippen LogP contribution is -2.03. The summed E-state index contributed by atoms with van der Waals surface area (Å²) in [5.74, 6) is 0.241. The van der Waals surface area contributed by atoms with E-state index in [0.717, 1.165) is 60.3 Å². The summed E-state index contributed by atoms with van der Waals surface area (Å²) in [6.07, 6.45) is 0. The Morgan fingerprint density at radius 2 is 1.38 bits per heavy atom. The lowest BCUT2D eigenvalue weighted by molar-refractivity contribution is 0.668. The molecule has 1 aromatic heterocycles. The van der Waals surface area contributed by atoms with Gasteiger partial charge in [0.25, 0.3) is 0 Å². The molecule has 0 bridgehead atoms. The molecule has 0 aliphatic carbocycles. The summed E-state index contributed by atoms with van der Waals surface area (Å²) in [5.41, 5.74) is 4.18. The van der Waals surface area contributed by atoms with E-state index in [-0.39, 0.29) is 5.84 Å². The van der Waals surface area contributed by atoms with Crippen molar-refractivity contribution in [2.45, 2.75) is 6.92 Å². The molecule has 0 amide bonds. The SMILES string of the molecule is CC(=NC(=N)c1ccc2ccccc2c1)c1c2ccccc2cc2c1oc1ccccc12. The molecular formula is C29H20N2O. The van der Waals surface area contributed by atoms with Gasteiger partial charge in [0, 0.05) is 21.9 Å². The molecule has 1 N–H and O–H groups in total. The zero-order valence-electron chi connectivity index (χ0n) is 17.6. The second-order valence-corrected chi connectivity index (χ2v) is 8.06. The maximum atomic E-state index is 8.69. The lowest BCUT2D eigenvalue weighted by Gasteiger charge is -2.09. The molecule has 32 heavy (non-hydrogen) atoms. The molecule has 152 valence electrons. The van der Waals surface area contributed by atoms with E-state index in [1.165, 1.54) is 0 Å². The van der Waals surface area contributed by atoms with Gasteiger partial charge >= 0.3 is 0 Å². The summed E-state index contributed by atoms with van der Waals surface area (Å²) < 4.78 is 6.31. The van der Waals surface area contributed by atoms with Crippen molar-refractivity contribution in [3.8, 4) is 0 Å². The number of aliphatic imine (C=N–C) groups is 1. The van der Waals surface area contributed by atoms with Crippen molar-refractivity contribution in [3.05, 3.63) is 108 Å². The fraction of sp³-hybridized carbons (Fsp3) is 0.0345. The summed E-state index contributed by atoms with van der Waals surface area (Å²) in [4.78, 5) is 4.73. The number of para-hydroxylation sites is 1. The molecule has 0 spiro atoms. The second-order valence-electron chi connectivity index (χ2n) is 8.06. The molecule has 6 aromatic rings. The summed E-state index contributed by atoms with van der Waals surface area (Å²) in [7, 11) is 0. The molecule has 6 rings (SSSR count). The molecule has 3 nitrogen and oxygen atoms in total. The van der Waals surface area contributed by atoms with Crippen LogP contribution < -0.4 is 0 Å². The molecule has 0 aliphatic heterocycles. The van der Waals surface area contributed by atoms with Crippen LogP contribution in [0.25, 0.3) is 43.5 Å². The topological polar surface area (TPSA) is 49.4 Å². The third kappa shape index (κ3) is 2.90. The first-order chi connectivity index (χ1) is 15.7. The Morgan fingerprint density at radius 1 is 0.688 bits per heavy atom. The van der Waals surface area contributed by atoms with Crippen LogP contribution in [0.4, 0.5) is 0 Å². The predicted molar refractivity (Wildman–Crippen MR) is 134 cm³/mol. The van der Waals surface area contributed by atoms with Crippen LogP contribution in [-0.2, 0) is 0 Å². The monoisotopic (exact) mass is 412 g/mol. The van der Waals surface area contributed by atoms with Gasteiger partial charge in [-0.15, -0.1) is 0 Å². The van der Waals surface area contributed by atoms with E-state index in [9.17, 15) is 0 Å². The summed E-state index contributed by atoms with van der Waals surface area (Å²) >= 11 is 0. The van der Waals surface area contributed by atoms with E-state index in [0.29, 0.717) is 0 Å². The van der Waals surface area contributed by atoms with Crippen LogP contribution >= 0.6 is 0 Å². The smallest absolute Gasteiger partial charge is 0.152 e. The first kappa shape index (κ1) is 18.5. The van der Waals surface area contributed by atoms with Crippen molar-refractivity contribution >= 4 is 55.0 Å². The molecule has 0 radical (unpaired) electrons. The minimum Gasteiger partial charge on any atom is -0.455 e. The second kappa shape index (κ2) is 7.17. The Hall–Kier alpha value is -4.24. The molecule has 0 saturated carbocycles. The third-order valence-electron chi connectivity index (χ3n) is 6.06. The van der Waals surface area contributed by atoms with E-state index < -0.39 is 0 Å². The Bertz CT molecular complexity index is 1710. The number of benzene rings is 5. The number of furan rings is 1. The highest BCUT2D eigenvalue weighted by Gasteiger charge is 2.17. The third-order valence-corrected chi connectivity index (χ3v) is 6.06. The van der Waals surface area contributed by atoms with Crippen LogP contribution in [0.15, 0.2) is 106 Å². The molecule has 1 heterocycles. The van der Waals surface area contributed by atoms with Gasteiger partial charge < -0.3 is 4.42 Å². The van der Waals surface area contributed by atoms with Gasteiger partial charge in [-0.2, -0.15) is 0 Å². The average Bonchev–Trinajstić information content (AvgIpc) is 3.20. The quantitative estimate of drug-likeness (QED) is 0.230. The van der Waals surface area contributed by atoms with Crippen LogP contribution in [0.2, 0.25) is 0 Å². The van der Waals surface area contributed by atoms with Crippen LogP contribution in [0.5, 0.6) is 0 Å². The Labute approximate surface area is 185 Å². The van der Waals surface area contributed by atoms with Gasteiger partial charge in [0.1, 0.15) is 11.2 Å². The molecule has 5 aromatic carbocycles. The van der Waals surface area contributed by atoms with Crippen molar-refractivity contribution in [2.24, 2.45) is 4.99 Å².